The summed E-state index contributed by atoms with van der Waals surface area (Å²) in [7, 11) is 2.00. The molecule has 43 heavy (non-hydrogen) atoms. The van der Waals surface area contributed by atoms with E-state index in [2.05, 4.69) is 41.9 Å². The molecule has 0 bridgehead atoms. The Bertz CT molecular complexity index is 1610. The zero-order valence-corrected chi connectivity index (χ0v) is 24.7. The van der Waals surface area contributed by atoms with Crippen molar-refractivity contribution in [3.8, 4) is 11.6 Å². The number of carbonyl (C=O) groups excluding carboxylic acids is 1. The first-order valence-electron chi connectivity index (χ1n) is 14.6. The summed E-state index contributed by atoms with van der Waals surface area (Å²) in [6.07, 6.45) is 1.24. The number of nitrogens with zero attached hydrogens (tertiary/aromatic N) is 6. The fraction of sp³-hybridized carbons (Fsp3) is 0.387. The minimum atomic E-state index is -0.748. The van der Waals surface area contributed by atoms with Crippen LogP contribution in [0.2, 0.25) is 0 Å². The summed E-state index contributed by atoms with van der Waals surface area (Å²) in [5, 5.41) is 3.30. The van der Waals surface area contributed by atoms with E-state index in [0.29, 0.717) is 31.9 Å². The van der Waals surface area contributed by atoms with Crippen LogP contribution in [0.5, 0.6) is 11.6 Å². The number of hydrogen-bond acceptors (Lipinski definition) is 8. The number of aromatic amines is 1. The van der Waals surface area contributed by atoms with Crippen molar-refractivity contribution in [1.29, 1.82) is 0 Å². The van der Waals surface area contributed by atoms with E-state index in [-0.39, 0.29) is 39.8 Å². The number of aryl methyl sites for hydroxylation is 1. The van der Waals surface area contributed by atoms with Crippen molar-refractivity contribution in [3.63, 3.8) is 0 Å². The summed E-state index contributed by atoms with van der Waals surface area (Å²) in [6.45, 7) is 11.3. The van der Waals surface area contributed by atoms with Crippen molar-refractivity contribution in [2.75, 3.05) is 76.2 Å². The molecule has 4 aromatic rings. The van der Waals surface area contributed by atoms with Gasteiger partial charge in [0.05, 0.1) is 5.52 Å². The molecule has 10 nitrogen and oxygen atoms in total. The maximum atomic E-state index is 15.5. The number of benzene rings is 2. The Morgan fingerprint density at radius 3 is 2.42 bits per heavy atom. The molecule has 0 saturated carbocycles. The number of H-pyrrole nitrogens is 1. The minimum Gasteiger partial charge on any atom is -0.435 e. The van der Waals surface area contributed by atoms with Gasteiger partial charge < -0.3 is 34.6 Å². The van der Waals surface area contributed by atoms with Crippen molar-refractivity contribution < 1.29 is 18.3 Å². The topological polar surface area (TPSA) is 92.9 Å². The lowest BCUT2D eigenvalue weighted by Gasteiger charge is -2.35. The van der Waals surface area contributed by atoms with Gasteiger partial charge in [-0.3, -0.25) is 4.79 Å². The summed E-state index contributed by atoms with van der Waals surface area (Å²) >= 11 is 0. The molecule has 2 aromatic heterocycles. The summed E-state index contributed by atoms with van der Waals surface area (Å²) < 4.78 is 36.3. The summed E-state index contributed by atoms with van der Waals surface area (Å²) in [5.41, 5.74) is 2.55. The Morgan fingerprint density at radius 2 is 1.72 bits per heavy atom. The highest BCUT2D eigenvalue weighted by atomic mass is 19.1. The predicted molar refractivity (Wildman–Crippen MR) is 163 cm³/mol. The maximum Gasteiger partial charge on any atom is 0.263 e. The lowest BCUT2D eigenvalue weighted by molar-refractivity contribution is 0.0661. The largest absolute Gasteiger partial charge is 0.435 e. The Labute approximate surface area is 249 Å². The Kier molecular flexibility index (Phi) is 8.13. The Morgan fingerprint density at radius 1 is 1.00 bits per heavy atom. The molecule has 2 aliphatic heterocycles. The molecule has 12 heteroatoms. The van der Waals surface area contributed by atoms with Crippen LogP contribution < -0.4 is 15.0 Å². The molecule has 2 aliphatic rings. The number of carbonyl (C=O) groups is 1. The van der Waals surface area contributed by atoms with Crippen LogP contribution in [-0.2, 0) is 0 Å². The fourth-order valence-corrected chi connectivity index (χ4v) is 5.63. The maximum absolute atomic E-state index is 15.5. The van der Waals surface area contributed by atoms with Crippen LogP contribution in [0.4, 0.5) is 26.0 Å². The second-order valence-corrected chi connectivity index (χ2v) is 11.1. The van der Waals surface area contributed by atoms with Crippen molar-refractivity contribution in [2.45, 2.75) is 13.8 Å². The van der Waals surface area contributed by atoms with Crippen LogP contribution in [0.15, 0.2) is 42.7 Å². The summed E-state index contributed by atoms with van der Waals surface area (Å²) in [4.78, 5) is 34.0. The number of ether oxygens (including phenoxy) is 1. The second-order valence-electron chi connectivity index (χ2n) is 11.1. The van der Waals surface area contributed by atoms with Crippen molar-refractivity contribution in [3.05, 3.63) is 65.6 Å². The molecule has 0 unspecified atom stereocenters. The highest BCUT2D eigenvalue weighted by molar-refractivity contribution is 6.01. The van der Waals surface area contributed by atoms with Gasteiger partial charge in [0.15, 0.2) is 23.2 Å². The van der Waals surface area contributed by atoms with E-state index < -0.39 is 11.6 Å². The van der Waals surface area contributed by atoms with Gasteiger partial charge in [0.1, 0.15) is 11.9 Å². The standard InChI is InChI=1S/C31H36F2N8O2/c1-4-39-11-15-40(16-12-39)22-7-5-21(6-8-22)37-29-26(31(42)41-13-9-38(3)10-14-41)30(35-19-34-29)43-25-18-24(32)28-23(27(25)33)17-20(2)36-28/h5-8,17-19,36H,4,9-16H2,1-3H3,(H,34,35,37). The zero-order valence-electron chi connectivity index (χ0n) is 24.7. The van der Waals surface area contributed by atoms with E-state index >= 15 is 4.39 Å². The number of rotatable bonds is 7. The van der Waals surface area contributed by atoms with Crippen molar-refractivity contribution in [2.24, 2.45) is 0 Å². The highest BCUT2D eigenvalue weighted by Crippen LogP contribution is 2.35. The van der Waals surface area contributed by atoms with Crippen molar-refractivity contribution in [1.82, 2.24) is 29.7 Å². The molecular formula is C31H36F2N8O2. The lowest BCUT2D eigenvalue weighted by Crippen LogP contribution is -2.47. The molecule has 4 heterocycles. The molecule has 0 radical (unpaired) electrons. The smallest absolute Gasteiger partial charge is 0.263 e. The van der Waals surface area contributed by atoms with E-state index in [9.17, 15) is 9.18 Å². The van der Waals surface area contributed by atoms with E-state index in [1.807, 2.05) is 31.3 Å². The third kappa shape index (κ3) is 5.98. The monoisotopic (exact) mass is 590 g/mol. The number of fused-ring (bicyclic) bond motifs is 1. The first kappa shape index (κ1) is 28.8. The Hall–Kier alpha value is -4.29. The third-order valence-corrected chi connectivity index (χ3v) is 8.24. The summed E-state index contributed by atoms with van der Waals surface area (Å²) in [5.74, 6) is -2.07. The number of aromatic nitrogens is 3. The molecule has 2 aromatic carbocycles. The zero-order chi connectivity index (χ0) is 30.1. The fourth-order valence-electron chi connectivity index (χ4n) is 5.63. The lowest BCUT2D eigenvalue weighted by atomic mass is 10.2. The number of likely N-dealkylation sites (N-methyl/N-ethyl adjacent to an activating group) is 2. The van der Waals surface area contributed by atoms with Crippen LogP contribution in [0.1, 0.15) is 23.0 Å². The molecule has 226 valence electrons. The molecule has 2 N–H and O–H groups in total. The highest BCUT2D eigenvalue weighted by Gasteiger charge is 2.29. The van der Waals surface area contributed by atoms with Gasteiger partial charge in [-0.2, -0.15) is 0 Å². The van der Waals surface area contributed by atoms with E-state index in [0.717, 1.165) is 50.2 Å². The SMILES string of the molecule is CCN1CCN(c2ccc(Nc3ncnc(Oc4cc(F)c5[nH]c(C)cc5c4F)c3C(=O)N3CCN(C)CC3)cc2)CC1. The number of halogens is 2. The number of piperazine rings is 2. The summed E-state index contributed by atoms with van der Waals surface area (Å²) in [6, 6.07) is 10.4. The molecule has 2 saturated heterocycles. The van der Waals surface area contributed by atoms with Crippen LogP contribution in [0.25, 0.3) is 10.9 Å². The van der Waals surface area contributed by atoms with Crippen LogP contribution >= 0.6 is 0 Å². The van der Waals surface area contributed by atoms with E-state index in [4.69, 9.17) is 4.74 Å². The van der Waals surface area contributed by atoms with Gasteiger partial charge in [-0.05, 0) is 50.8 Å². The van der Waals surface area contributed by atoms with Crippen LogP contribution in [0, 0.1) is 18.6 Å². The first-order valence-corrected chi connectivity index (χ1v) is 14.6. The predicted octanol–water partition coefficient (Wildman–Crippen LogP) is 4.61. The van der Waals surface area contributed by atoms with Gasteiger partial charge >= 0.3 is 0 Å². The second kappa shape index (κ2) is 12.1. The average Bonchev–Trinajstić information content (AvgIpc) is 3.43. The molecule has 2 fully saturated rings. The minimum absolute atomic E-state index is 0.0526. The van der Waals surface area contributed by atoms with Crippen LogP contribution in [0.3, 0.4) is 0 Å². The number of amides is 1. The molecular weight excluding hydrogens is 554 g/mol. The van der Waals surface area contributed by atoms with Gasteiger partial charge in [0.2, 0.25) is 5.88 Å². The van der Waals surface area contributed by atoms with Gasteiger partial charge in [0.25, 0.3) is 5.91 Å². The quantitative estimate of drug-likeness (QED) is 0.323. The van der Waals surface area contributed by atoms with Gasteiger partial charge in [0, 0.05) is 80.9 Å². The molecule has 0 aliphatic carbocycles. The Balaban J connectivity index is 1.31. The number of hydrogen-bond donors (Lipinski definition) is 2. The molecule has 1 amide bonds. The van der Waals surface area contributed by atoms with Gasteiger partial charge in [-0.25, -0.2) is 18.7 Å². The molecule has 0 spiro atoms. The van der Waals surface area contributed by atoms with E-state index in [1.165, 1.54) is 12.4 Å². The normalized spacial score (nSPS) is 16.6. The number of nitrogens with one attached hydrogen (secondary N) is 2. The van der Waals surface area contributed by atoms with Crippen molar-refractivity contribution >= 4 is 34.0 Å². The average molecular weight is 591 g/mol. The van der Waals surface area contributed by atoms with Gasteiger partial charge in [-0.15, -0.1) is 0 Å². The van der Waals surface area contributed by atoms with Crippen LogP contribution in [-0.4, -0.2) is 102 Å². The van der Waals surface area contributed by atoms with Gasteiger partial charge in [-0.1, -0.05) is 6.92 Å². The third-order valence-electron chi connectivity index (χ3n) is 8.24. The number of anilines is 3. The van der Waals surface area contributed by atoms with E-state index in [1.54, 1.807) is 11.8 Å². The molecule has 0 atom stereocenters. The first-order chi connectivity index (χ1) is 20.8. The molecule has 6 rings (SSSR count).